The second-order valence-corrected chi connectivity index (χ2v) is 8.94. The summed E-state index contributed by atoms with van der Waals surface area (Å²) in [6.07, 6.45) is 6.31. The molecule has 1 aliphatic rings. The fourth-order valence-electron chi connectivity index (χ4n) is 3.06. The Morgan fingerprint density at radius 2 is 1.81 bits per heavy atom. The molecular weight excluding hydrogens is 240 g/mol. The first-order valence-corrected chi connectivity index (χ1v) is 9.00. The highest BCUT2D eigenvalue weighted by atomic mass is 35.5. The summed E-state index contributed by atoms with van der Waals surface area (Å²) in [5.74, 6) is 1.46. The Morgan fingerprint density at radius 3 is 2.31 bits per heavy atom. The van der Waals surface area contributed by atoms with Crippen LogP contribution in [0.2, 0.25) is 11.6 Å². The van der Waals surface area contributed by atoms with Crippen LogP contribution >= 0.6 is 11.6 Å². The number of halogens is 1. The van der Waals surface area contributed by atoms with E-state index in [2.05, 4.69) is 6.92 Å². The average molecular weight is 265 g/mol. The van der Waals surface area contributed by atoms with Crippen molar-refractivity contribution in [2.45, 2.75) is 50.6 Å². The SMILES string of the molecule is CO[Si](CCCCl)(OC)C1CCCCC1C. The van der Waals surface area contributed by atoms with Gasteiger partial charge >= 0.3 is 8.56 Å². The van der Waals surface area contributed by atoms with Gasteiger partial charge in [-0.25, -0.2) is 0 Å². The third-order valence-electron chi connectivity index (χ3n) is 4.03. The van der Waals surface area contributed by atoms with Crippen molar-refractivity contribution in [2.75, 3.05) is 20.1 Å². The summed E-state index contributed by atoms with van der Waals surface area (Å²) in [4.78, 5) is 0. The maximum absolute atomic E-state index is 5.86. The van der Waals surface area contributed by atoms with Gasteiger partial charge in [0.1, 0.15) is 0 Å². The molecule has 1 saturated carbocycles. The molecule has 0 aromatic carbocycles. The maximum atomic E-state index is 5.86. The van der Waals surface area contributed by atoms with Crippen molar-refractivity contribution in [3.63, 3.8) is 0 Å². The molecule has 0 bridgehead atoms. The summed E-state index contributed by atoms with van der Waals surface area (Å²) >= 11 is 5.81. The standard InChI is InChI=1S/C12H25ClO2Si/c1-11-7-4-5-8-12(11)16(14-2,15-3)10-6-9-13/h11-12H,4-10H2,1-3H3. The Balaban J connectivity index is 2.72. The van der Waals surface area contributed by atoms with E-state index in [0.29, 0.717) is 11.4 Å². The fourth-order valence-corrected chi connectivity index (χ4v) is 7.31. The highest BCUT2D eigenvalue weighted by molar-refractivity contribution is 6.69. The zero-order valence-corrected chi connectivity index (χ0v) is 12.6. The molecule has 2 unspecified atom stereocenters. The number of hydrogen-bond acceptors (Lipinski definition) is 2. The Morgan fingerprint density at radius 1 is 1.19 bits per heavy atom. The van der Waals surface area contributed by atoms with E-state index in [1.165, 1.54) is 25.7 Å². The third-order valence-corrected chi connectivity index (χ3v) is 8.71. The molecule has 0 spiro atoms. The van der Waals surface area contributed by atoms with E-state index in [-0.39, 0.29) is 0 Å². The van der Waals surface area contributed by atoms with E-state index in [4.69, 9.17) is 20.5 Å². The first-order chi connectivity index (χ1) is 7.70. The quantitative estimate of drug-likeness (QED) is 0.535. The predicted molar refractivity (Wildman–Crippen MR) is 71.3 cm³/mol. The highest BCUT2D eigenvalue weighted by Gasteiger charge is 2.46. The van der Waals surface area contributed by atoms with Gasteiger partial charge in [-0.3, -0.25) is 0 Å². The van der Waals surface area contributed by atoms with Crippen LogP contribution < -0.4 is 0 Å². The summed E-state index contributed by atoms with van der Waals surface area (Å²) in [7, 11) is 1.64. The molecule has 0 aromatic heterocycles. The van der Waals surface area contributed by atoms with Crippen LogP contribution in [0.4, 0.5) is 0 Å². The van der Waals surface area contributed by atoms with Gasteiger partial charge in [0.2, 0.25) is 0 Å². The molecule has 1 rings (SSSR count). The Labute approximate surface area is 106 Å². The molecule has 1 aliphatic carbocycles. The van der Waals surface area contributed by atoms with Gasteiger partial charge in [-0.15, -0.1) is 11.6 Å². The van der Waals surface area contributed by atoms with Crippen LogP contribution in [-0.2, 0) is 8.85 Å². The first-order valence-electron chi connectivity index (χ1n) is 6.36. The number of hydrogen-bond donors (Lipinski definition) is 0. The van der Waals surface area contributed by atoms with Crippen molar-refractivity contribution < 1.29 is 8.85 Å². The molecular formula is C12H25ClO2Si. The molecule has 16 heavy (non-hydrogen) atoms. The molecule has 0 aliphatic heterocycles. The average Bonchev–Trinajstić information content (AvgIpc) is 2.33. The molecule has 2 atom stereocenters. The lowest BCUT2D eigenvalue weighted by molar-refractivity contribution is 0.198. The van der Waals surface area contributed by atoms with Crippen molar-refractivity contribution in [3.8, 4) is 0 Å². The third kappa shape index (κ3) is 3.22. The van der Waals surface area contributed by atoms with Crippen LogP contribution in [0.5, 0.6) is 0 Å². The normalized spacial score (nSPS) is 27.0. The summed E-state index contributed by atoms with van der Waals surface area (Å²) in [5.41, 5.74) is 0.652. The Kier molecular flexibility index (Phi) is 6.33. The van der Waals surface area contributed by atoms with Gasteiger partial charge < -0.3 is 8.85 Å². The van der Waals surface area contributed by atoms with Crippen molar-refractivity contribution >= 4 is 20.2 Å². The molecule has 0 amide bonds. The topological polar surface area (TPSA) is 18.5 Å². The summed E-state index contributed by atoms with van der Waals surface area (Å²) in [6, 6.07) is 1.04. The van der Waals surface area contributed by atoms with Gasteiger partial charge in [-0.2, -0.15) is 0 Å². The van der Waals surface area contributed by atoms with Gasteiger partial charge in [0.25, 0.3) is 0 Å². The predicted octanol–water partition coefficient (Wildman–Crippen LogP) is 3.93. The summed E-state index contributed by atoms with van der Waals surface area (Å²) in [6.45, 7) is 2.35. The molecule has 0 saturated heterocycles. The van der Waals surface area contributed by atoms with Crippen molar-refractivity contribution in [1.29, 1.82) is 0 Å². The monoisotopic (exact) mass is 264 g/mol. The molecule has 0 N–H and O–H groups in total. The lowest BCUT2D eigenvalue weighted by atomic mass is 9.90. The minimum Gasteiger partial charge on any atom is -0.397 e. The van der Waals surface area contributed by atoms with Crippen LogP contribution in [0.15, 0.2) is 0 Å². The van der Waals surface area contributed by atoms with Gasteiger partial charge in [-0.1, -0.05) is 26.2 Å². The van der Waals surface area contributed by atoms with Crippen LogP contribution in [0.25, 0.3) is 0 Å². The van der Waals surface area contributed by atoms with Gasteiger partial charge in [0.05, 0.1) is 0 Å². The van der Waals surface area contributed by atoms with Gasteiger partial charge in [0, 0.05) is 25.6 Å². The molecule has 0 radical (unpaired) electrons. The Bertz CT molecular complexity index is 197. The fraction of sp³-hybridized carbons (Fsp3) is 1.00. The van der Waals surface area contributed by atoms with Crippen molar-refractivity contribution in [2.24, 2.45) is 5.92 Å². The maximum Gasteiger partial charge on any atom is 0.341 e. The molecule has 4 heteroatoms. The highest BCUT2D eigenvalue weighted by Crippen LogP contribution is 2.44. The zero-order chi connectivity index (χ0) is 12.0. The van der Waals surface area contributed by atoms with Crippen LogP contribution in [0.1, 0.15) is 39.0 Å². The minimum absolute atomic E-state index is 0.652. The molecule has 2 nitrogen and oxygen atoms in total. The smallest absolute Gasteiger partial charge is 0.341 e. The Hall–Kier alpha value is 0.427. The van der Waals surface area contributed by atoms with Gasteiger partial charge in [-0.05, 0) is 24.8 Å². The zero-order valence-electron chi connectivity index (χ0n) is 10.8. The first kappa shape index (κ1) is 14.5. The summed E-state index contributed by atoms with van der Waals surface area (Å²) < 4.78 is 11.7. The second-order valence-electron chi connectivity index (χ2n) is 4.88. The van der Waals surface area contributed by atoms with E-state index in [1.54, 1.807) is 0 Å². The van der Waals surface area contributed by atoms with E-state index in [0.717, 1.165) is 18.4 Å². The van der Waals surface area contributed by atoms with Gasteiger partial charge in [0.15, 0.2) is 0 Å². The second kappa shape index (κ2) is 6.99. The van der Waals surface area contributed by atoms with Crippen molar-refractivity contribution in [3.05, 3.63) is 0 Å². The number of rotatable bonds is 6. The van der Waals surface area contributed by atoms with E-state index in [9.17, 15) is 0 Å². The van der Waals surface area contributed by atoms with E-state index in [1.807, 2.05) is 14.2 Å². The molecule has 0 aromatic rings. The lowest BCUT2D eigenvalue weighted by Crippen LogP contribution is -2.48. The minimum atomic E-state index is -2.01. The van der Waals surface area contributed by atoms with Crippen LogP contribution in [0.3, 0.4) is 0 Å². The largest absolute Gasteiger partial charge is 0.397 e. The van der Waals surface area contributed by atoms with E-state index >= 15 is 0 Å². The number of alkyl halides is 1. The summed E-state index contributed by atoms with van der Waals surface area (Å²) in [5, 5.41) is 0. The van der Waals surface area contributed by atoms with Crippen LogP contribution in [0, 0.1) is 5.92 Å². The van der Waals surface area contributed by atoms with E-state index < -0.39 is 8.56 Å². The van der Waals surface area contributed by atoms with Crippen LogP contribution in [-0.4, -0.2) is 28.7 Å². The molecule has 0 heterocycles. The molecule has 96 valence electrons. The lowest BCUT2D eigenvalue weighted by Gasteiger charge is -2.41. The van der Waals surface area contributed by atoms with Crippen molar-refractivity contribution in [1.82, 2.24) is 0 Å². The molecule has 1 fully saturated rings.